The highest BCUT2D eigenvalue weighted by Crippen LogP contribution is 2.50. The number of fused-ring (bicyclic) bond motifs is 1. The van der Waals surface area contributed by atoms with E-state index in [4.69, 9.17) is 5.73 Å². The number of rotatable bonds is 6. The molecule has 0 aliphatic heterocycles. The molecule has 2 N–H and O–H groups in total. The average Bonchev–Trinajstić information content (AvgIpc) is 3.57. The first kappa shape index (κ1) is 19.6. The van der Waals surface area contributed by atoms with Gasteiger partial charge in [0.15, 0.2) is 0 Å². The van der Waals surface area contributed by atoms with Crippen LogP contribution in [0, 0.1) is 16.7 Å². The number of pyridine rings is 2. The summed E-state index contributed by atoms with van der Waals surface area (Å²) in [6, 6.07) is 14.9. The molecule has 0 saturated heterocycles. The summed E-state index contributed by atoms with van der Waals surface area (Å²) in [7, 11) is 0. The van der Waals surface area contributed by atoms with Crippen molar-refractivity contribution in [1.82, 2.24) is 9.97 Å². The molecule has 30 heavy (non-hydrogen) atoms. The molecule has 0 spiro atoms. The Kier molecular flexibility index (Phi) is 5.23. The second kappa shape index (κ2) is 7.99. The highest BCUT2D eigenvalue weighted by molar-refractivity contribution is 6.12. The molecule has 4 rings (SSSR count). The van der Waals surface area contributed by atoms with Gasteiger partial charge >= 0.3 is 0 Å². The molecule has 0 unspecified atom stereocenters. The number of nitrogens with zero attached hydrogens (tertiary/aromatic N) is 4. The fraction of sp³-hybridized carbons (Fsp3) is 0.217. The average molecular weight is 403 g/mol. The van der Waals surface area contributed by atoms with Crippen molar-refractivity contribution < 1.29 is 8.78 Å². The van der Waals surface area contributed by atoms with Crippen molar-refractivity contribution in [2.75, 3.05) is 6.54 Å². The number of alkyl halides is 2. The Labute approximate surface area is 172 Å². The number of halogens is 2. The van der Waals surface area contributed by atoms with Crippen LogP contribution >= 0.6 is 0 Å². The van der Waals surface area contributed by atoms with Crippen molar-refractivity contribution in [2.45, 2.75) is 19.3 Å². The van der Waals surface area contributed by atoms with Crippen LogP contribution in [0.2, 0.25) is 0 Å². The van der Waals surface area contributed by atoms with Crippen molar-refractivity contribution in [1.29, 1.82) is 5.26 Å². The van der Waals surface area contributed by atoms with Crippen molar-refractivity contribution in [2.24, 2.45) is 16.1 Å². The zero-order chi connectivity index (χ0) is 21.1. The lowest BCUT2D eigenvalue weighted by Crippen LogP contribution is -2.16. The molecule has 1 saturated carbocycles. The monoisotopic (exact) mass is 403 g/mol. The third kappa shape index (κ3) is 3.77. The molecule has 0 amide bonds. The molecule has 1 aromatic carbocycles. The SMILES string of the molecule is N#Cc1ccc(/C(C=NCC2(C(F)F)CC2)=C/N)c(-c2ccc3cccnc3c2)n1. The van der Waals surface area contributed by atoms with E-state index in [0.29, 0.717) is 29.7 Å². The number of hydrogen-bond donors (Lipinski definition) is 1. The van der Waals surface area contributed by atoms with Crippen LogP contribution in [-0.4, -0.2) is 29.2 Å². The topological polar surface area (TPSA) is 88.0 Å². The first-order valence-electron chi connectivity index (χ1n) is 9.53. The zero-order valence-corrected chi connectivity index (χ0v) is 16.1. The third-order valence-electron chi connectivity index (χ3n) is 5.37. The van der Waals surface area contributed by atoms with Crippen LogP contribution in [0.1, 0.15) is 24.1 Å². The Morgan fingerprint density at radius 3 is 2.80 bits per heavy atom. The van der Waals surface area contributed by atoms with E-state index < -0.39 is 11.8 Å². The lowest BCUT2D eigenvalue weighted by atomic mass is 9.98. The minimum Gasteiger partial charge on any atom is -0.404 e. The van der Waals surface area contributed by atoms with Gasteiger partial charge in [0.25, 0.3) is 0 Å². The van der Waals surface area contributed by atoms with Crippen LogP contribution in [0.5, 0.6) is 0 Å². The predicted molar refractivity (Wildman–Crippen MR) is 113 cm³/mol. The molecule has 7 heteroatoms. The number of benzene rings is 1. The Hall–Kier alpha value is -3.66. The Morgan fingerprint density at radius 2 is 2.10 bits per heavy atom. The summed E-state index contributed by atoms with van der Waals surface area (Å²) in [6.07, 6.45) is 3.18. The molecule has 1 aliphatic carbocycles. The fourth-order valence-electron chi connectivity index (χ4n) is 3.32. The molecule has 2 aromatic heterocycles. The van der Waals surface area contributed by atoms with E-state index in [9.17, 15) is 14.0 Å². The van der Waals surface area contributed by atoms with Gasteiger partial charge in [-0.3, -0.25) is 9.98 Å². The van der Waals surface area contributed by atoms with Gasteiger partial charge < -0.3 is 5.73 Å². The van der Waals surface area contributed by atoms with Gasteiger partial charge in [-0.1, -0.05) is 18.2 Å². The number of aromatic nitrogens is 2. The van der Waals surface area contributed by atoms with Crippen LogP contribution in [0.15, 0.2) is 59.9 Å². The first-order valence-corrected chi connectivity index (χ1v) is 9.53. The number of allylic oxidation sites excluding steroid dienone is 1. The van der Waals surface area contributed by atoms with Gasteiger partial charge in [-0.15, -0.1) is 0 Å². The number of nitriles is 1. The molecule has 1 aliphatic rings. The van der Waals surface area contributed by atoms with Crippen molar-refractivity contribution in [3.63, 3.8) is 0 Å². The summed E-state index contributed by atoms with van der Waals surface area (Å²) in [5.41, 5.74) is 8.43. The second-order valence-electron chi connectivity index (χ2n) is 7.37. The fourth-order valence-corrected chi connectivity index (χ4v) is 3.32. The van der Waals surface area contributed by atoms with E-state index in [2.05, 4.69) is 15.0 Å². The molecule has 2 heterocycles. The first-order chi connectivity index (χ1) is 14.6. The highest BCUT2D eigenvalue weighted by Gasteiger charge is 2.50. The summed E-state index contributed by atoms with van der Waals surface area (Å²) >= 11 is 0. The smallest absolute Gasteiger partial charge is 0.245 e. The van der Waals surface area contributed by atoms with Crippen molar-refractivity contribution in [3.8, 4) is 17.3 Å². The quantitative estimate of drug-likeness (QED) is 0.610. The maximum atomic E-state index is 13.1. The molecule has 5 nitrogen and oxygen atoms in total. The van der Waals surface area contributed by atoms with E-state index in [-0.39, 0.29) is 12.2 Å². The van der Waals surface area contributed by atoms with E-state index >= 15 is 0 Å². The largest absolute Gasteiger partial charge is 0.404 e. The summed E-state index contributed by atoms with van der Waals surface area (Å²) in [5.74, 6) is 0. The summed E-state index contributed by atoms with van der Waals surface area (Å²) in [4.78, 5) is 13.1. The molecule has 1 fully saturated rings. The Morgan fingerprint density at radius 1 is 1.27 bits per heavy atom. The van der Waals surface area contributed by atoms with E-state index in [1.807, 2.05) is 36.4 Å². The lowest BCUT2D eigenvalue weighted by Gasteiger charge is -2.12. The molecule has 0 radical (unpaired) electrons. The van der Waals surface area contributed by atoms with Crippen LogP contribution < -0.4 is 5.73 Å². The zero-order valence-electron chi connectivity index (χ0n) is 16.1. The van der Waals surface area contributed by atoms with E-state index in [1.54, 1.807) is 18.3 Å². The minimum absolute atomic E-state index is 0.0565. The lowest BCUT2D eigenvalue weighted by molar-refractivity contribution is 0.0668. The number of hydrogen-bond acceptors (Lipinski definition) is 5. The predicted octanol–water partition coefficient (Wildman–Crippen LogP) is 4.58. The Bertz CT molecular complexity index is 1190. The van der Waals surface area contributed by atoms with Gasteiger partial charge in [0.05, 0.1) is 23.2 Å². The summed E-state index contributed by atoms with van der Waals surface area (Å²) in [5, 5.41) is 10.3. The van der Waals surface area contributed by atoms with Crippen molar-refractivity contribution in [3.05, 3.63) is 66.1 Å². The molecule has 0 bridgehead atoms. The summed E-state index contributed by atoms with van der Waals surface area (Å²) < 4.78 is 26.3. The molecular weight excluding hydrogens is 384 g/mol. The standard InChI is InChI=1S/C23H19F2N5/c24-22(25)23(7-8-23)14-28-13-17(11-26)19-6-5-18(12-27)30-21(19)16-4-3-15-2-1-9-29-20(15)10-16/h1-6,9-11,13,22H,7-8,14,26H2/b17-11+,28-13?. The highest BCUT2D eigenvalue weighted by atomic mass is 19.3. The molecule has 0 atom stereocenters. The number of aliphatic imine (C=N–C) groups is 1. The van der Waals surface area contributed by atoms with Gasteiger partial charge in [-0.05, 0) is 37.1 Å². The maximum Gasteiger partial charge on any atom is 0.245 e. The van der Waals surface area contributed by atoms with E-state index in [1.165, 1.54) is 12.4 Å². The summed E-state index contributed by atoms with van der Waals surface area (Å²) in [6.45, 7) is 0.0565. The van der Waals surface area contributed by atoms with Gasteiger partial charge in [0, 0.05) is 40.7 Å². The molecule has 3 aromatic rings. The normalized spacial score (nSPS) is 15.6. The van der Waals surface area contributed by atoms with Gasteiger partial charge in [-0.25, -0.2) is 13.8 Å². The van der Waals surface area contributed by atoms with Crippen LogP contribution in [0.3, 0.4) is 0 Å². The van der Waals surface area contributed by atoms with Crippen LogP contribution in [-0.2, 0) is 0 Å². The number of nitrogens with two attached hydrogens (primary N) is 1. The third-order valence-corrected chi connectivity index (χ3v) is 5.37. The van der Waals surface area contributed by atoms with Gasteiger partial charge in [0.1, 0.15) is 11.8 Å². The van der Waals surface area contributed by atoms with Crippen molar-refractivity contribution >= 4 is 22.7 Å². The van der Waals surface area contributed by atoms with Crippen LogP contribution in [0.25, 0.3) is 27.7 Å². The van der Waals surface area contributed by atoms with Crippen LogP contribution in [0.4, 0.5) is 8.78 Å². The van der Waals surface area contributed by atoms with E-state index in [0.717, 1.165) is 16.5 Å². The van der Waals surface area contributed by atoms with Gasteiger partial charge in [-0.2, -0.15) is 5.26 Å². The molecular formula is C23H19F2N5. The Balaban J connectivity index is 1.73. The second-order valence-corrected chi connectivity index (χ2v) is 7.37. The maximum absolute atomic E-state index is 13.1. The molecule has 150 valence electrons. The van der Waals surface area contributed by atoms with Gasteiger partial charge in [0.2, 0.25) is 6.43 Å². The minimum atomic E-state index is -2.38.